The highest BCUT2D eigenvalue weighted by Crippen LogP contribution is 2.30. The van der Waals surface area contributed by atoms with E-state index in [-0.39, 0.29) is 0 Å². The van der Waals surface area contributed by atoms with Gasteiger partial charge in [-0.25, -0.2) is 0 Å². The van der Waals surface area contributed by atoms with E-state index in [1.54, 1.807) is 13.3 Å². The number of aromatic nitrogens is 3. The molecule has 3 aromatic rings. The maximum absolute atomic E-state index is 5.24. The minimum atomic E-state index is 0.395. The Kier molecular flexibility index (Phi) is 4.67. The summed E-state index contributed by atoms with van der Waals surface area (Å²) in [5.41, 5.74) is 1.84. The largest absolute Gasteiger partial charge is 0.497 e. The zero-order valence-corrected chi connectivity index (χ0v) is 15.1. The highest BCUT2D eigenvalue weighted by Gasteiger charge is 2.19. The summed E-state index contributed by atoms with van der Waals surface area (Å²) in [4.78, 5) is 6.66. The molecule has 3 heterocycles. The van der Waals surface area contributed by atoms with Crippen molar-refractivity contribution in [3.8, 4) is 17.0 Å². The molecule has 134 valence electrons. The molecule has 1 N–H and O–H groups in total. The second-order valence-electron chi connectivity index (χ2n) is 6.79. The van der Waals surface area contributed by atoms with Crippen LogP contribution in [-0.2, 0) is 0 Å². The Labute approximate surface area is 153 Å². The number of rotatable bonds is 4. The predicted octanol–water partition coefficient (Wildman–Crippen LogP) is 3.21. The van der Waals surface area contributed by atoms with E-state index in [9.17, 15) is 0 Å². The lowest BCUT2D eigenvalue weighted by molar-refractivity contribution is 0.261. The van der Waals surface area contributed by atoms with Crippen LogP contribution in [0.25, 0.3) is 22.0 Å². The number of ether oxygens (including phenoxy) is 1. The number of nitrogens with one attached hydrogen (secondary N) is 1. The van der Waals surface area contributed by atoms with Crippen molar-refractivity contribution in [2.75, 3.05) is 32.6 Å². The van der Waals surface area contributed by atoms with Gasteiger partial charge in [0.2, 0.25) is 0 Å². The zero-order chi connectivity index (χ0) is 17.9. The Bertz CT molecular complexity index is 896. The topological polar surface area (TPSA) is 63.2 Å². The molecule has 1 saturated heterocycles. The first kappa shape index (κ1) is 16.7. The standard InChI is InChI=1S/C20H23N5O/c1-25-11-3-4-15(13-25)22-20-17-9-10-21-12-18(17)19(23-24-20)14-5-7-16(26-2)8-6-14/h5-10,12,15H,3-4,11,13H2,1-2H3,(H,22,24). The van der Waals surface area contributed by atoms with Crippen molar-refractivity contribution in [3.05, 3.63) is 42.7 Å². The lowest BCUT2D eigenvalue weighted by Crippen LogP contribution is -2.40. The molecule has 26 heavy (non-hydrogen) atoms. The number of anilines is 1. The first-order valence-corrected chi connectivity index (χ1v) is 8.94. The van der Waals surface area contributed by atoms with E-state index in [1.165, 1.54) is 6.42 Å². The molecule has 1 unspecified atom stereocenters. The van der Waals surface area contributed by atoms with Crippen LogP contribution < -0.4 is 10.1 Å². The fourth-order valence-electron chi connectivity index (χ4n) is 3.54. The van der Waals surface area contributed by atoms with Gasteiger partial charge in [0.15, 0.2) is 5.82 Å². The fraction of sp³-hybridized carbons (Fsp3) is 0.350. The molecule has 1 fully saturated rings. The van der Waals surface area contributed by atoms with Gasteiger partial charge in [0.05, 0.1) is 7.11 Å². The molecule has 0 aliphatic carbocycles. The van der Waals surface area contributed by atoms with Crippen LogP contribution in [0.2, 0.25) is 0 Å². The number of hydrogen-bond donors (Lipinski definition) is 1. The molecule has 1 atom stereocenters. The van der Waals surface area contributed by atoms with Crippen LogP contribution in [0.1, 0.15) is 12.8 Å². The average molecular weight is 349 g/mol. The molecular weight excluding hydrogens is 326 g/mol. The van der Waals surface area contributed by atoms with Crippen LogP contribution in [0.15, 0.2) is 42.7 Å². The van der Waals surface area contributed by atoms with Crippen LogP contribution in [0.4, 0.5) is 5.82 Å². The summed E-state index contributed by atoms with van der Waals surface area (Å²) >= 11 is 0. The minimum Gasteiger partial charge on any atom is -0.497 e. The van der Waals surface area contributed by atoms with Crippen molar-refractivity contribution >= 4 is 16.6 Å². The normalized spacial score (nSPS) is 18.0. The maximum atomic E-state index is 5.24. The number of likely N-dealkylation sites (tertiary alicyclic amines) is 1. The van der Waals surface area contributed by atoms with Crippen LogP contribution in [-0.4, -0.2) is 53.4 Å². The lowest BCUT2D eigenvalue weighted by atomic mass is 10.0. The highest BCUT2D eigenvalue weighted by atomic mass is 16.5. The van der Waals surface area contributed by atoms with E-state index in [1.807, 2.05) is 36.5 Å². The second-order valence-corrected chi connectivity index (χ2v) is 6.79. The van der Waals surface area contributed by atoms with Crippen LogP contribution in [0.5, 0.6) is 5.75 Å². The first-order valence-electron chi connectivity index (χ1n) is 8.94. The number of fused-ring (bicyclic) bond motifs is 1. The molecule has 6 heteroatoms. The summed E-state index contributed by atoms with van der Waals surface area (Å²) in [5, 5.41) is 14.7. The van der Waals surface area contributed by atoms with E-state index in [2.05, 4.69) is 32.4 Å². The van der Waals surface area contributed by atoms with E-state index >= 15 is 0 Å². The van der Waals surface area contributed by atoms with E-state index in [4.69, 9.17) is 4.74 Å². The highest BCUT2D eigenvalue weighted by molar-refractivity contribution is 5.99. The molecule has 0 saturated carbocycles. The van der Waals surface area contributed by atoms with Gasteiger partial charge in [-0.15, -0.1) is 10.2 Å². The van der Waals surface area contributed by atoms with E-state index < -0.39 is 0 Å². The number of methoxy groups -OCH3 is 1. The lowest BCUT2D eigenvalue weighted by Gasteiger charge is -2.30. The van der Waals surface area contributed by atoms with E-state index in [0.717, 1.165) is 53.1 Å². The Hall–Kier alpha value is -2.73. The molecular formula is C20H23N5O. The molecule has 2 aromatic heterocycles. The summed E-state index contributed by atoms with van der Waals surface area (Å²) in [6.45, 7) is 2.18. The van der Waals surface area contributed by atoms with E-state index in [0.29, 0.717) is 6.04 Å². The summed E-state index contributed by atoms with van der Waals surface area (Å²) in [6, 6.07) is 10.3. The molecule has 0 spiro atoms. The summed E-state index contributed by atoms with van der Waals surface area (Å²) in [6.07, 6.45) is 6.02. The smallest absolute Gasteiger partial charge is 0.156 e. The molecule has 4 rings (SSSR count). The van der Waals surface area contributed by atoms with Gasteiger partial charge < -0.3 is 15.0 Å². The average Bonchev–Trinajstić information content (AvgIpc) is 2.68. The third-order valence-corrected chi connectivity index (χ3v) is 4.91. The van der Waals surface area contributed by atoms with Crippen molar-refractivity contribution in [3.63, 3.8) is 0 Å². The fourth-order valence-corrected chi connectivity index (χ4v) is 3.54. The number of likely N-dealkylation sites (N-methyl/N-ethyl adjacent to an activating group) is 1. The maximum Gasteiger partial charge on any atom is 0.156 e. The molecule has 6 nitrogen and oxygen atoms in total. The Morgan fingerprint density at radius 1 is 1.12 bits per heavy atom. The molecule has 1 aliphatic heterocycles. The Morgan fingerprint density at radius 2 is 1.96 bits per heavy atom. The summed E-state index contributed by atoms with van der Waals surface area (Å²) < 4.78 is 5.24. The predicted molar refractivity (Wildman–Crippen MR) is 103 cm³/mol. The number of nitrogens with zero attached hydrogens (tertiary/aromatic N) is 4. The molecule has 1 aromatic carbocycles. The number of hydrogen-bond acceptors (Lipinski definition) is 6. The van der Waals surface area contributed by atoms with Gasteiger partial charge in [0, 0.05) is 41.3 Å². The van der Waals surface area contributed by atoms with Crippen LogP contribution in [0.3, 0.4) is 0 Å². The van der Waals surface area contributed by atoms with Crippen molar-refractivity contribution < 1.29 is 4.74 Å². The van der Waals surface area contributed by atoms with Crippen LogP contribution in [0, 0.1) is 0 Å². The van der Waals surface area contributed by atoms with Gasteiger partial charge in [-0.1, -0.05) is 0 Å². The number of pyridine rings is 1. The first-order chi connectivity index (χ1) is 12.7. The van der Waals surface area contributed by atoms with Gasteiger partial charge in [0.1, 0.15) is 11.4 Å². The Morgan fingerprint density at radius 3 is 2.73 bits per heavy atom. The SMILES string of the molecule is COc1ccc(-c2nnc(NC3CCCN(C)C3)c3ccncc23)cc1. The zero-order valence-electron chi connectivity index (χ0n) is 15.1. The van der Waals surface area contributed by atoms with Gasteiger partial charge in [-0.2, -0.15) is 0 Å². The quantitative estimate of drug-likeness (QED) is 0.780. The second kappa shape index (κ2) is 7.25. The number of piperidine rings is 1. The van der Waals surface area contributed by atoms with Gasteiger partial charge in [0.25, 0.3) is 0 Å². The van der Waals surface area contributed by atoms with Gasteiger partial charge in [-0.3, -0.25) is 4.98 Å². The monoisotopic (exact) mass is 349 g/mol. The van der Waals surface area contributed by atoms with Gasteiger partial charge in [-0.05, 0) is 56.8 Å². The third-order valence-electron chi connectivity index (χ3n) is 4.91. The third kappa shape index (κ3) is 3.32. The summed E-state index contributed by atoms with van der Waals surface area (Å²) in [7, 11) is 3.83. The summed E-state index contributed by atoms with van der Waals surface area (Å²) in [5.74, 6) is 1.66. The van der Waals surface area contributed by atoms with Crippen molar-refractivity contribution in [1.82, 2.24) is 20.1 Å². The van der Waals surface area contributed by atoms with Crippen LogP contribution >= 0.6 is 0 Å². The Balaban J connectivity index is 1.70. The van der Waals surface area contributed by atoms with Crippen molar-refractivity contribution in [2.24, 2.45) is 0 Å². The van der Waals surface area contributed by atoms with Crippen molar-refractivity contribution in [1.29, 1.82) is 0 Å². The molecule has 0 radical (unpaired) electrons. The molecule has 0 amide bonds. The minimum absolute atomic E-state index is 0.395. The van der Waals surface area contributed by atoms with Crippen molar-refractivity contribution in [2.45, 2.75) is 18.9 Å². The number of benzene rings is 1. The molecule has 0 bridgehead atoms. The molecule has 1 aliphatic rings. The van der Waals surface area contributed by atoms with Gasteiger partial charge >= 0.3 is 0 Å².